The summed E-state index contributed by atoms with van der Waals surface area (Å²) in [6.45, 7) is 2.59. The van der Waals surface area contributed by atoms with Crippen LogP contribution in [-0.4, -0.2) is 25.2 Å². The fourth-order valence-corrected chi connectivity index (χ4v) is 1.92. The zero-order chi connectivity index (χ0) is 14.5. The van der Waals surface area contributed by atoms with Crippen molar-refractivity contribution < 1.29 is 14.3 Å². The maximum atomic E-state index is 11.4. The molecule has 0 fully saturated rings. The molecule has 1 aromatic heterocycles. The molecule has 2 rings (SSSR count). The molecule has 0 aliphatic carbocycles. The molecule has 0 saturated carbocycles. The number of hydrogen-bond acceptors (Lipinski definition) is 4. The standard InChI is InChI=1S/C15H18N2O3/c1-10-4-7-14(19-2)13(8-10)16-9-11-5-6-12(17-11)15(18)20-3/h4-8,16-17H,9H2,1-3H3. The SMILES string of the molecule is COC(=O)c1ccc(CNc2cc(C)ccc2OC)[nH]1. The van der Waals surface area contributed by atoms with Gasteiger partial charge in [0, 0.05) is 5.69 Å². The summed E-state index contributed by atoms with van der Waals surface area (Å²) in [5.74, 6) is 0.416. The number of rotatable bonds is 5. The summed E-state index contributed by atoms with van der Waals surface area (Å²) in [5.41, 5.74) is 3.41. The number of aromatic amines is 1. The molecule has 20 heavy (non-hydrogen) atoms. The van der Waals surface area contributed by atoms with Crippen molar-refractivity contribution in [2.75, 3.05) is 19.5 Å². The molecule has 1 aromatic carbocycles. The highest BCUT2D eigenvalue weighted by Crippen LogP contribution is 2.25. The van der Waals surface area contributed by atoms with Crippen LogP contribution in [-0.2, 0) is 11.3 Å². The van der Waals surface area contributed by atoms with E-state index in [-0.39, 0.29) is 5.97 Å². The Morgan fingerprint density at radius 2 is 2.05 bits per heavy atom. The summed E-state index contributed by atoms with van der Waals surface area (Å²) in [7, 11) is 3.00. The van der Waals surface area contributed by atoms with Crippen molar-refractivity contribution in [2.24, 2.45) is 0 Å². The van der Waals surface area contributed by atoms with E-state index in [1.54, 1.807) is 13.2 Å². The van der Waals surface area contributed by atoms with Crippen molar-refractivity contribution in [2.45, 2.75) is 13.5 Å². The highest BCUT2D eigenvalue weighted by Gasteiger charge is 2.08. The number of hydrogen-bond donors (Lipinski definition) is 2. The van der Waals surface area contributed by atoms with Crippen LogP contribution in [0.1, 0.15) is 21.7 Å². The average molecular weight is 274 g/mol. The third-order valence-corrected chi connectivity index (χ3v) is 2.98. The van der Waals surface area contributed by atoms with E-state index in [1.165, 1.54) is 7.11 Å². The number of benzene rings is 1. The van der Waals surface area contributed by atoms with Crippen molar-refractivity contribution in [3.8, 4) is 5.75 Å². The second kappa shape index (κ2) is 6.14. The first kappa shape index (κ1) is 14.0. The van der Waals surface area contributed by atoms with Crippen LogP contribution in [0.2, 0.25) is 0 Å². The Morgan fingerprint density at radius 3 is 2.75 bits per heavy atom. The zero-order valence-electron chi connectivity index (χ0n) is 11.8. The number of aromatic nitrogens is 1. The van der Waals surface area contributed by atoms with E-state index < -0.39 is 0 Å². The molecule has 0 unspecified atom stereocenters. The Labute approximate surface area is 117 Å². The number of nitrogens with one attached hydrogen (secondary N) is 2. The molecule has 2 aromatic rings. The third-order valence-electron chi connectivity index (χ3n) is 2.98. The maximum Gasteiger partial charge on any atom is 0.354 e. The number of carbonyl (C=O) groups excluding carboxylic acids is 1. The van der Waals surface area contributed by atoms with Gasteiger partial charge >= 0.3 is 5.97 Å². The largest absolute Gasteiger partial charge is 0.495 e. The first-order chi connectivity index (χ1) is 9.63. The van der Waals surface area contributed by atoms with Gasteiger partial charge in [0.1, 0.15) is 11.4 Å². The molecule has 0 aliphatic rings. The molecule has 0 amide bonds. The summed E-state index contributed by atoms with van der Waals surface area (Å²) >= 11 is 0. The van der Waals surface area contributed by atoms with Gasteiger partial charge in [-0.25, -0.2) is 4.79 Å². The van der Waals surface area contributed by atoms with Crippen LogP contribution in [0.5, 0.6) is 5.75 Å². The van der Waals surface area contributed by atoms with Crippen molar-refractivity contribution in [1.29, 1.82) is 0 Å². The molecular weight excluding hydrogens is 256 g/mol. The van der Waals surface area contributed by atoms with Crippen molar-refractivity contribution in [3.05, 3.63) is 47.3 Å². The van der Waals surface area contributed by atoms with Crippen molar-refractivity contribution in [1.82, 2.24) is 4.98 Å². The lowest BCUT2D eigenvalue weighted by Crippen LogP contribution is -2.04. The molecule has 0 atom stereocenters. The molecule has 2 N–H and O–H groups in total. The number of carbonyl (C=O) groups is 1. The smallest absolute Gasteiger partial charge is 0.354 e. The summed E-state index contributed by atoms with van der Waals surface area (Å²) in [6, 6.07) is 9.49. The molecular formula is C15H18N2O3. The Balaban J connectivity index is 2.07. The number of methoxy groups -OCH3 is 2. The average Bonchev–Trinajstić information content (AvgIpc) is 2.93. The van der Waals surface area contributed by atoms with E-state index in [0.29, 0.717) is 12.2 Å². The van der Waals surface area contributed by atoms with Gasteiger partial charge in [-0.15, -0.1) is 0 Å². The van der Waals surface area contributed by atoms with Crippen LogP contribution < -0.4 is 10.1 Å². The topological polar surface area (TPSA) is 63.4 Å². The quantitative estimate of drug-likeness (QED) is 0.823. The number of aryl methyl sites for hydroxylation is 1. The summed E-state index contributed by atoms with van der Waals surface area (Å²) in [5, 5.41) is 3.28. The lowest BCUT2D eigenvalue weighted by molar-refractivity contribution is 0.0594. The highest BCUT2D eigenvalue weighted by molar-refractivity contribution is 5.87. The minimum atomic E-state index is -0.371. The highest BCUT2D eigenvalue weighted by atomic mass is 16.5. The Morgan fingerprint density at radius 1 is 1.25 bits per heavy atom. The van der Waals surface area contributed by atoms with E-state index in [2.05, 4.69) is 15.0 Å². The third kappa shape index (κ3) is 3.12. The van der Waals surface area contributed by atoms with Crippen LogP contribution in [0.4, 0.5) is 5.69 Å². The van der Waals surface area contributed by atoms with Crippen LogP contribution in [0.15, 0.2) is 30.3 Å². The molecule has 0 aliphatic heterocycles. The fraction of sp³-hybridized carbons (Fsp3) is 0.267. The van der Waals surface area contributed by atoms with E-state index >= 15 is 0 Å². The van der Waals surface area contributed by atoms with Crippen LogP contribution in [0.3, 0.4) is 0 Å². The first-order valence-corrected chi connectivity index (χ1v) is 6.28. The van der Waals surface area contributed by atoms with Gasteiger partial charge < -0.3 is 19.8 Å². The number of esters is 1. The van der Waals surface area contributed by atoms with Crippen molar-refractivity contribution >= 4 is 11.7 Å². The molecule has 5 nitrogen and oxygen atoms in total. The molecule has 5 heteroatoms. The minimum absolute atomic E-state index is 0.371. The normalized spacial score (nSPS) is 10.2. The summed E-state index contributed by atoms with van der Waals surface area (Å²) < 4.78 is 9.96. The van der Waals surface area contributed by atoms with Crippen LogP contribution in [0.25, 0.3) is 0 Å². The molecule has 0 radical (unpaired) electrons. The van der Waals surface area contributed by atoms with Gasteiger partial charge in [0.2, 0.25) is 0 Å². The summed E-state index contributed by atoms with van der Waals surface area (Å²) in [6.07, 6.45) is 0. The van der Waals surface area contributed by atoms with E-state index in [4.69, 9.17) is 4.74 Å². The van der Waals surface area contributed by atoms with Gasteiger partial charge in [0.05, 0.1) is 26.5 Å². The van der Waals surface area contributed by atoms with E-state index in [1.807, 2.05) is 31.2 Å². The van der Waals surface area contributed by atoms with Gasteiger partial charge in [-0.1, -0.05) is 6.07 Å². The number of ether oxygens (including phenoxy) is 2. The predicted octanol–water partition coefficient (Wildman–Crippen LogP) is 2.73. The van der Waals surface area contributed by atoms with Crippen molar-refractivity contribution in [3.63, 3.8) is 0 Å². The Bertz CT molecular complexity index is 605. The Hall–Kier alpha value is -2.43. The molecule has 0 bridgehead atoms. The minimum Gasteiger partial charge on any atom is -0.495 e. The summed E-state index contributed by atoms with van der Waals surface area (Å²) in [4.78, 5) is 14.4. The molecule has 0 saturated heterocycles. The molecule has 106 valence electrons. The zero-order valence-corrected chi connectivity index (χ0v) is 11.8. The Kier molecular flexibility index (Phi) is 4.30. The second-order valence-corrected chi connectivity index (χ2v) is 4.45. The predicted molar refractivity (Wildman–Crippen MR) is 77.2 cm³/mol. The lowest BCUT2D eigenvalue weighted by Gasteiger charge is -2.11. The van der Waals surface area contributed by atoms with Crippen LogP contribution >= 0.6 is 0 Å². The molecule has 1 heterocycles. The molecule has 0 spiro atoms. The monoisotopic (exact) mass is 274 g/mol. The lowest BCUT2D eigenvalue weighted by atomic mass is 10.2. The first-order valence-electron chi connectivity index (χ1n) is 6.28. The number of H-pyrrole nitrogens is 1. The van der Waals surface area contributed by atoms with Gasteiger partial charge in [-0.05, 0) is 36.8 Å². The number of anilines is 1. The van der Waals surface area contributed by atoms with Gasteiger partial charge in [-0.3, -0.25) is 0 Å². The second-order valence-electron chi connectivity index (χ2n) is 4.45. The fourth-order valence-electron chi connectivity index (χ4n) is 1.92. The van der Waals surface area contributed by atoms with Gasteiger partial charge in [0.25, 0.3) is 0 Å². The van der Waals surface area contributed by atoms with Crippen LogP contribution in [0, 0.1) is 6.92 Å². The van der Waals surface area contributed by atoms with E-state index in [0.717, 1.165) is 22.7 Å². The maximum absolute atomic E-state index is 11.4. The van der Waals surface area contributed by atoms with Gasteiger partial charge in [-0.2, -0.15) is 0 Å². The van der Waals surface area contributed by atoms with Gasteiger partial charge in [0.15, 0.2) is 0 Å². The van der Waals surface area contributed by atoms with E-state index in [9.17, 15) is 4.79 Å².